The number of nitrogens with one attached hydrogen (secondary N) is 1. The van der Waals surface area contributed by atoms with Gasteiger partial charge in [0, 0.05) is 41.0 Å². The number of aromatic nitrogens is 1. The maximum Gasteiger partial charge on any atom is 0.341 e. The lowest BCUT2D eigenvalue weighted by molar-refractivity contribution is -0.119. The number of fused-ring (bicyclic) bond motifs is 3. The van der Waals surface area contributed by atoms with Crippen LogP contribution in [-0.2, 0) is 40.1 Å². The summed E-state index contributed by atoms with van der Waals surface area (Å²) in [6, 6.07) is 17.9. The highest BCUT2D eigenvalue weighted by Crippen LogP contribution is 2.43. The van der Waals surface area contributed by atoms with E-state index in [4.69, 9.17) is 14.5 Å². The fraction of sp³-hybridized carbons (Fsp3) is 0.371. The molecule has 1 N–H and O–H groups in total. The minimum atomic E-state index is -0.546. The van der Waals surface area contributed by atoms with Gasteiger partial charge in [0.25, 0.3) is 5.91 Å². The molecule has 2 aliphatic rings. The van der Waals surface area contributed by atoms with Gasteiger partial charge >= 0.3 is 11.9 Å². The molecule has 1 aliphatic heterocycles. The summed E-state index contributed by atoms with van der Waals surface area (Å²) in [4.78, 5) is 48.1. The first kappa shape index (κ1) is 30.0. The Labute approximate surface area is 261 Å². The number of carbonyl (C=O) groups excluding carboxylic acids is 3. The highest BCUT2D eigenvalue weighted by Gasteiger charge is 2.31. The number of rotatable bonds is 9. The van der Waals surface area contributed by atoms with Gasteiger partial charge < -0.3 is 14.8 Å². The van der Waals surface area contributed by atoms with Gasteiger partial charge in [0.05, 0.1) is 23.3 Å². The lowest BCUT2D eigenvalue weighted by Gasteiger charge is -2.29. The Kier molecular flexibility index (Phi) is 9.04. The van der Waals surface area contributed by atoms with E-state index in [9.17, 15) is 14.4 Å². The molecule has 2 aromatic heterocycles. The van der Waals surface area contributed by atoms with E-state index >= 15 is 0 Å². The summed E-state index contributed by atoms with van der Waals surface area (Å²) < 4.78 is 11.0. The molecule has 1 aliphatic carbocycles. The Morgan fingerprint density at radius 1 is 0.955 bits per heavy atom. The second-order valence-electron chi connectivity index (χ2n) is 11.4. The molecule has 0 saturated heterocycles. The van der Waals surface area contributed by atoms with Crippen LogP contribution in [0.25, 0.3) is 10.9 Å². The minimum absolute atomic E-state index is 0.237. The lowest BCUT2D eigenvalue weighted by Crippen LogP contribution is -2.33. The van der Waals surface area contributed by atoms with Crippen molar-refractivity contribution in [3.8, 4) is 0 Å². The number of anilines is 1. The van der Waals surface area contributed by atoms with E-state index < -0.39 is 24.5 Å². The average Bonchev–Trinajstić information content (AvgIpc) is 3.40. The van der Waals surface area contributed by atoms with Crippen LogP contribution in [0.4, 0.5) is 5.00 Å². The fourth-order valence-corrected chi connectivity index (χ4v) is 7.79. The molecule has 0 saturated carbocycles. The quantitative estimate of drug-likeness (QED) is 0.222. The van der Waals surface area contributed by atoms with Crippen LogP contribution in [-0.4, -0.2) is 54.0 Å². The predicted octanol–water partition coefficient (Wildman–Crippen LogP) is 6.31. The molecule has 1 amide bonds. The highest BCUT2D eigenvalue weighted by molar-refractivity contribution is 7.17. The fourth-order valence-electron chi connectivity index (χ4n) is 6.46. The molecular formula is C35H37N3O5S. The molecule has 8 nitrogen and oxygen atoms in total. The molecule has 0 fully saturated rings. The molecule has 4 aromatic rings. The van der Waals surface area contributed by atoms with Crippen LogP contribution in [0.5, 0.6) is 0 Å². The molecule has 1 atom stereocenters. The number of hydrogen-bond donors (Lipinski definition) is 1. The van der Waals surface area contributed by atoms with Crippen LogP contribution < -0.4 is 5.32 Å². The summed E-state index contributed by atoms with van der Waals surface area (Å²) in [5, 5.41) is 4.04. The summed E-state index contributed by atoms with van der Waals surface area (Å²) in [7, 11) is 0. The number of hydrogen-bond acceptors (Lipinski definition) is 8. The number of carbonyl (C=O) groups is 3. The van der Waals surface area contributed by atoms with E-state index in [0.717, 1.165) is 77.8 Å². The summed E-state index contributed by atoms with van der Waals surface area (Å²) in [6.07, 6.45) is 4.19. The van der Waals surface area contributed by atoms with Crippen LogP contribution in [0.15, 0.2) is 54.6 Å². The number of amides is 1. The zero-order chi connectivity index (χ0) is 30.6. The Hall–Kier alpha value is -4.08. The third-order valence-electron chi connectivity index (χ3n) is 8.47. The second kappa shape index (κ2) is 13.3. The van der Waals surface area contributed by atoms with Gasteiger partial charge in [0.1, 0.15) is 5.00 Å². The van der Waals surface area contributed by atoms with Crippen molar-refractivity contribution in [3.63, 3.8) is 0 Å². The SMILES string of the molecule is CCCN1CCc2nc3ccccc3c(C(=O)OCC(=O)Nc3sc4c(c3C(=O)OCC)CCC(c3ccccc3)C4)c2C1. The molecule has 0 bridgehead atoms. The lowest BCUT2D eigenvalue weighted by atomic mass is 9.83. The maximum absolute atomic E-state index is 13.6. The first-order chi connectivity index (χ1) is 21.5. The van der Waals surface area contributed by atoms with Crippen LogP contribution in [0.2, 0.25) is 0 Å². The van der Waals surface area contributed by atoms with E-state index in [1.54, 1.807) is 6.92 Å². The minimum Gasteiger partial charge on any atom is -0.462 e. The molecule has 9 heteroatoms. The number of benzene rings is 2. The van der Waals surface area contributed by atoms with Crippen molar-refractivity contribution in [2.45, 2.75) is 58.4 Å². The smallest absolute Gasteiger partial charge is 0.341 e. The normalized spacial score (nSPS) is 16.2. The predicted molar refractivity (Wildman–Crippen MR) is 171 cm³/mol. The molecule has 6 rings (SSSR count). The molecule has 44 heavy (non-hydrogen) atoms. The first-order valence-corrected chi connectivity index (χ1v) is 16.2. The summed E-state index contributed by atoms with van der Waals surface area (Å²) in [5.74, 6) is -1.14. The standard InChI is InChI=1S/C35H37N3O5S/c1-3-17-38-18-16-28-26(20-38)31(24-12-8-9-13-27(24)36-28)34(40)43-21-30(39)37-33-32(35(41)42-4-2)25-15-14-23(19-29(25)44-33)22-10-6-5-7-11-22/h5-13,23H,3-4,14-21H2,1-2H3,(H,37,39). The van der Waals surface area contributed by atoms with Gasteiger partial charge in [0.2, 0.25) is 0 Å². The highest BCUT2D eigenvalue weighted by atomic mass is 32.1. The van der Waals surface area contributed by atoms with Crippen molar-refractivity contribution >= 4 is 45.1 Å². The van der Waals surface area contributed by atoms with Crippen molar-refractivity contribution in [1.29, 1.82) is 0 Å². The first-order valence-electron chi connectivity index (χ1n) is 15.4. The van der Waals surface area contributed by atoms with Gasteiger partial charge in [-0.05, 0) is 62.3 Å². The summed E-state index contributed by atoms with van der Waals surface area (Å²) in [5.41, 5.74) is 5.63. The van der Waals surface area contributed by atoms with E-state index in [2.05, 4.69) is 29.3 Å². The van der Waals surface area contributed by atoms with Gasteiger partial charge in [-0.15, -0.1) is 11.3 Å². The Morgan fingerprint density at radius 2 is 1.73 bits per heavy atom. The number of thiophene rings is 1. The number of nitrogens with zero attached hydrogens (tertiary/aromatic N) is 2. The summed E-state index contributed by atoms with van der Waals surface area (Å²) in [6.45, 7) is 6.11. The molecule has 3 heterocycles. The molecule has 1 unspecified atom stereocenters. The van der Waals surface area contributed by atoms with Crippen molar-refractivity contribution in [2.75, 3.05) is 31.6 Å². The van der Waals surface area contributed by atoms with Gasteiger partial charge in [-0.25, -0.2) is 9.59 Å². The zero-order valence-electron chi connectivity index (χ0n) is 25.2. The number of para-hydroxylation sites is 1. The van der Waals surface area contributed by atoms with E-state index in [1.807, 2.05) is 42.5 Å². The third kappa shape index (κ3) is 6.12. The Balaban J connectivity index is 1.21. The maximum atomic E-state index is 13.6. The van der Waals surface area contributed by atoms with E-state index in [1.165, 1.54) is 16.9 Å². The van der Waals surface area contributed by atoms with Crippen molar-refractivity contribution in [2.24, 2.45) is 0 Å². The van der Waals surface area contributed by atoms with Crippen LogP contribution >= 0.6 is 11.3 Å². The topological polar surface area (TPSA) is 97.8 Å². The van der Waals surface area contributed by atoms with Gasteiger partial charge in [-0.3, -0.25) is 14.7 Å². The van der Waals surface area contributed by atoms with E-state index in [0.29, 0.717) is 28.6 Å². The average molecular weight is 612 g/mol. The van der Waals surface area contributed by atoms with Crippen LogP contribution in [0.1, 0.15) is 80.6 Å². The second-order valence-corrected chi connectivity index (χ2v) is 12.5. The largest absolute Gasteiger partial charge is 0.462 e. The van der Waals surface area contributed by atoms with Crippen LogP contribution in [0, 0.1) is 0 Å². The summed E-state index contributed by atoms with van der Waals surface area (Å²) >= 11 is 1.41. The van der Waals surface area contributed by atoms with Crippen LogP contribution in [0.3, 0.4) is 0 Å². The van der Waals surface area contributed by atoms with Gasteiger partial charge in [-0.1, -0.05) is 55.5 Å². The number of esters is 2. The van der Waals surface area contributed by atoms with Gasteiger partial charge in [0.15, 0.2) is 6.61 Å². The molecule has 0 spiro atoms. The molecule has 228 valence electrons. The number of ether oxygens (including phenoxy) is 2. The van der Waals surface area contributed by atoms with E-state index in [-0.39, 0.29) is 6.61 Å². The zero-order valence-corrected chi connectivity index (χ0v) is 26.0. The number of pyridine rings is 1. The monoisotopic (exact) mass is 611 g/mol. The van der Waals surface area contributed by atoms with Crippen molar-refractivity contribution in [1.82, 2.24) is 9.88 Å². The van der Waals surface area contributed by atoms with Crippen molar-refractivity contribution in [3.05, 3.63) is 93.0 Å². The Morgan fingerprint density at radius 3 is 2.52 bits per heavy atom. The molecular weight excluding hydrogens is 574 g/mol. The third-order valence-corrected chi connectivity index (χ3v) is 9.64. The van der Waals surface area contributed by atoms with Crippen molar-refractivity contribution < 1.29 is 23.9 Å². The van der Waals surface area contributed by atoms with Gasteiger partial charge in [-0.2, -0.15) is 0 Å². The Bertz CT molecular complexity index is 1700. The molecule has 2 aromatic carbocycles. The molecule has 0 radical (unpaired) electrons.